The molecule has 1 aromatic rings. The predicted molar refractivity (Wildman–Crippen MR) is 144 cm³/mol. The van der Waals surface area contributed by atoms with E-state index in [1.165, 1.54) is 25.8 Å². The number of nitrogens with two attached hydrogens (primary N) is 1. The summed E-state index contributed by atoms with van der Waals surface area (Å²) in [4.78, 5) is 46.9. The Bertz CT molecular complexity index is 1060. The van der Waals surface area contributed by atoms with Crippen molar-refractivity contribution < 1.29 is 33.5 Å². The molecule has 2 aliphatic heterocycles. The van der Waals surface area contributed by atoms with Gasteiger partial charge in [0.15, 0.2) is 0 Å². The number of Topliss-reactive ketones (excluding diaryl/α,β-unsaturated/α-hetero) is 1. The molecule has 3 N–H and O–H groups in total. The molecule has 0 spiro atoms. The third-order valence-electron chi connectivity index (χ3n) is 6.07. The monoisotopic (exact) mass is 514 g/mol. The number of allylic oxidation sites excluding steroid dienone is 1. The van der Waals surface area contributed by atoms with E-state index in [0.717, 1.165) is 32.1 Å². The Morgan fingerprint density at radius 3 is 2.30 bits per heavy atom. The first-order valence-corrected chi connectivity index (χ1v) is 12.6. The Labute approximate surface area is 219 Å². The molecule has 0 aliphatic carbocycles. The molecule has 37 heavy (non-hydrogen) atoms. The van der Waals surface area contributed by atoms with E-state index >= 15 is 0 Å². The van der Waals surface area contributed by atoms with Crippen molar-refractivity contribution in [3.63, 3.8) is 0 Å². The first-order chi connectivity index (χ1) is 17.5. The number of quaternary nitrogens is 1. The highest BCUT2D eigenvalue weighted by molar-refractivity contribution is 5.99. The second-order valence-electron chi connectivity index (χ2n) is 9.24. The number of ether oxygens (including phenoxy) is 1. The van der Waals surface area contributed by atoms with Gasteiger partial charge in [-0.3, -0.25) is 0 Å². The fourth-order valence-corrected chi connectivity index (χ4v) is 3.90. The number of rotatable bonds is 8. The van der Waals surface area contributed by atoms with Crippen LogP contribution in [0.4, 0.5) is 4.79 Å². The van der Waals surface area contributed by atoms with Crippen molar-refractivity contribution in [2.24, 2.45) is 10.7 Å². The molecule has 2 heterocycles. The lowest BCUT2D eigenvalue weighted by Crippen LogP contribution is -2.53. The molecular formula is C28H40N3O6+. The van der Waals surface area contributed by atoms with E-state index in [1.807, 2.05) is 14.0 Å². The summed E-state index contributed by atoms with van der Waals surface area (Å²) in [6.07, 6.45) is 10.7. The van der Waals surface area contributed by atoms with Crippen molar-refractivity contribution in [1.29, 1.82) is 0 Å². The van der Waals surface area contributed by atoms with Gasteiger partial charge in [0, 0.05) is 30.1 Å². The van der Waals surface area contributed by atoms with Crippen LogP contribution in [-0.2, 0) is 14.3 Å². The van der Waals surface area contributed by atoms with Crippen molar-refractivity contribution in [2.45, 2.75) is 85.0 Å². The number of aliphatic imine (C=N–C) groups is 1. The first-order valence-electron chi connectivity index (χ1n) is 12.6. The van der Waals surface area contributed by atoms with E-state index in [4.69, 9.17) is 15.6 Å². The van der Waals surface area contributed by atoms with Gasteiger partial charge in [-0.15, -0.1) is 4.99 Å². The van der Waals surface area contributed by atoms with E-state index < -0.39 is 5.97 Å². The number of unbranched alkanes of at least 4 members (excludes halogenated alkanes) is 1. The van der Waals surface area contributed by atoms with Crippen LogP contribution in [0.3, 0.4) is 0 Å². The van der Waals surface area contributed by atoms with Gasteiger partial charge in [0.2, 0.25) is 6.23 Å². The summed E-state index contributed by atoms with van der Waals surface area (Å²) in [7, 11) is 1.83. The quantitative estimate of drug-likeness (QED) is 0.362. The predicted octanol–water partition coefficient (Wildman–Crippen LogP) is 5.13. The van der Waals surface area contributed by atoms with Gasteiger partial charge in [-0.25, -0.2) is 14.4 Å². The average Bonchev–Trinajstić information content (AvgIpc) is 3.35. The highest BCUT2D eigenvalue weighted by Crippen LogP contribution is 2.31. The van der Waals surface area contributed by atoms with Crippen molar-refractivity contribution in [2.75, 3.05) is 7.05 Å². The molecule has 2 amide bonds. The highest BCUT2D eigenvalue weighted by atomic mass is 16.5. The van der Waals surface area contributed by atoms with Gasteiger partial charge in [0.1, 0.15) is 23.8 Å². The summed E-state index contributed by atoms with van der Waals surface area (Å²) in [5.41, 5.74) is 6.38. The van der Waals surface area contributed by atoms with Gasteiger partial charge < -0.3 is 20.4 Å². The summed E-state index contributed by atoms with van der Waals surface area (Å²) in [6.45, 7) is 7.33. The lowest BCUT2D eigenvalue weighted by Gasteiger charge is -2.32. The smallest absolute Gasteiger partial charge is 0.451 e. The van der Waals surface area contributed by atoms with Crippen molar-refractivity contribution in [1.82, 2.24) is 0 Å². The number of aromatic carboxylic acids is 1. The number of benzene rings is 1. The second-order valence-corrected chi connectivity index (χ2v) is 9.24. The van der Waals surface area contributed by atoms with Gasteiger partial charge in [0.05, 0.1) is 18.7 Å². The number of carboxylic acids is 1. The minimum absolute atomic E-state index is 0.0866. The molecule has 0 bridgehead atoms. The van der Waals surface area contributed by atoms with Crippen LogP contribution in [0.5, 0.6) is 0 Å². The fourth-order valence-electron chi connectivity index (χ4n) is 3.90. The number of hydrogen-bond acceptors (Lipinski definition) is 6. The number of carbonyl (C=O) groups excluding carboxylic acids is 3. The normalized spacial score (nSPS) is 22.0. The minimum Gasteiger partial charge on any atom is -0.478 e. The van der Waals surface area contributed by atoms with E-state index in [-0.39, 0.29) is 40.0 Å². The molecule has 0 radical (unpaired) electrons. The summed E-state index contributed by atoms with van der Waals surface area (Å²) >= 11 is 0. The fraction of sp³-hybridized carbons (Fsp3) is 0.500. The first kappa shape index (κ1) is 31.6. The molecule has 1 saturated heterocycles. The molecule has 3 atom stereocenters. The zero-order valence-corrected chi connectivity index (χ0v) is 22.5. The maximum atomic E-state index is 12.0. The minimum atomic E-state index is -1.04. The lowest BCUT2D eigenvalue weighted by molar-refractivity contribution is -0.830. The van der Waals surface area contributed by atoms with Crippen molar-refractivity contribution in [3.8, 4) is 0 Å². The lowest BCUT2D eigenvalue weighted by atomic mass is 10.0. The molecule has 3 rings (SSSR count). The van der Waals surface area contributed by atoms with Crippen LogP contribution >= 0.6 is 0 Å². The third kappa shape index (κ3) is 9.88. The number of carboxylic acid groups (broad SMARTS) is 1. The van der Waals surface area contributed by atoms with Crippen molar-refractivity contribution >= 4 is 35.1 Å². The van der Waals surface area contributed by atoms with Gasteiger partial charge in [-0.2, -0.15) is 4.48 Å². The van der Waals surface area contributed by atoms with Gasteiger partial charge in [-0.05, 0) is 39.2 Å². The Balaban J connectivity index is 0.000000315. The highest BCUT2D eigenvalue weighted by Gasteiger charge is 2.45. The zero-order chi connectivity index (χ0) is 28.0. The number of urea groups is 1. The summed E-state index contributed by atoms with van der Waals surface area (Å²) in [5, 5.41) is 8.77. The summed E-state index contributed by atoms with van der Waals surface area (Å²) < 4.78 is 6.09. The van der Waals surface area contributed by atoms with Crippen LogP contribution in [0.1, 0.15) is 88.6 Å². The largest absolute Gasteiger partial charge is 0.478 e. The molecule has 2 aliphatic rings. The maximum absolute atomic E-state index is 12.0. The van der Waals surface area contributed by atoms with E-state index in [2.05, 4.69) is 11.9 Å². The van der Waals surface area contributed by atoms with Crippen molar-refractivity contribution in [3.05, 3.63) is 47.7 Å². The molecule has 9 heteroatoms. The van der Waals surface area contributed by atoms with Crippen LogP contribution < -0.4 is 5.73 Å². The number of amidine groups is 1. The Morgan fingerprint density at radius 2 is 1.81 bits per heavy atom. The van der Waals surface area contributed by atoms with Gasteiger partial charge >= 0.3 is 12.0 Å². The number of ketones is 1. The summed E-state index contributed by atoms with van der Waals surface area (Å²) in [5.74, 6) is 1.21. The van der Waals surface area contributed by atoms with Crippen LogP contribution in [-0.4, -0.2) is 58.5 Å². The summed E-state index contributed by atoms with van der Waals surface area (Å²) in [6, 6.07) is 6.10. The van der Waals surface area contributed by atoms with Gasteiger partial charge in [-0.1, -0.05) is 44.9 Å². The molecule has 0 saturated carbocycles. The van der Waals surface area contributed by atoms with Crippen LogP contribution in [0, 0.1) is 0 Å². The zero-order valence-electron chi connectivity index (χ0n) is 22.5. The Kier molecular flexibility index (Phi) is 13.4. The molecule has 1 fully saturated rings. The SMILES string of the molecule is CC(=C=O)c1ccccc1C(=O)O.CCCC(C)=O.CCCCC1CCC([N+]2(C)C=CC(N)=NC2=O)O1. The number of nitrogens with zero attached hydrogens (tertiary/aromatic N) is 2. The third-order valence-corrected chi connectivity index (χ3v) is 6.07. The second kappa shape index (κ2) is 15.7. The average molecular weight is 515 g/mol. The number of amides is 2. The van der Waals surface area contributed by atoms with E-state index in [1.54, 1.807) is 43.3 Å². The van der Waals surface area contributed by atoms with Crippen LogP contribution in [0.2, 0.25) is 0 Å². The Hall–Kier alpha value is -3.39. The topological polar surface area (TPSA) is 136 Å². The molecule has 9 nitrogen and oxygen atoms in total. The Morgan fingerprint density at radius 1 is 1.16 bits per heavy atom. The standard InChI is InChI=1S/C13H21N3O2.C10H8O3.C5H10O/c1-3-4-5-10-6-7-12(18-10)16(2)9-8-11(14)15-13(16)17;1-7(6-11)8-4-2-3-5-9(8)10(12)13;1-3-4-5(2)6/h8-10,12H,3-7H2,1-2H3,(H-,14,15,17);2-5H,1H3,(H,12,13);3-4H2,1-2H3/p+1. The number of carbonyl (C=O) groups is 3. The van der Waals surface area contributed by atoms with E-state index in [0.29, 0.717) is 11.1 Å². The van der Waals surface area contributed by atoms with Crippen LogP contribution in [0.25, 0.3) is 5.57 Å². The molecule has 0 aromatic heterocycles. The maximum Gasteiger partial charge on any atom is 0.451 e. The molecule has 202 valence electrons. The molecule has 1 aromatic carbocycles. The van der Waals surface area contributed by atoms with Gasteiger partial charge in [0.25, 0.3) is 0 Å². The molecule has 3 unspecified atom stereocenters. The van der Waals surface area contributed by atoms with E-state index in [9.17, 15) is 19.2 Å². The van der Waals surface area contributed by atoms with Crippen LogP contribution in [0.15, 0.2) is 41.5 Å². The number of hydrogen-bond donors (Lipinski definition) is 2. The molecular weight excluding hydrogens is 474 g/mol.